The zero-order valence-corrected chi connectivity index (χ0v) is 10.3. The van der Waals surface area contributed by atoms with Gasteiger partial charge in [-0.25, -0.2) is 0 Å². The molecule has 3 heteroatoms. The van der Waals surface area contributed by atoms with Gasteiger partial charge >= 0.3 is 0 Å². The van der Waals surface area contributed by atoms with Gasteiger partial charge in [-0.05, 0) is 10.8 Å². The molecule has 0 saturated heterocycles. The van der Waals surface area contributed by atoms with Gasteiger partial charge in [-0.3, -0.25) is 0 Å². The SMILES string of the molecule is O=[C-]Nc1ccc2ccccc2c1.[W]. The maximum absolute atomic E-state index is 10.1. The monoisotopic (exact) mass is 354 g/mol. The summed E-state index contributed by atoms with van der Waals surface area (Å²) < 4.78 is 0. The molecule has 2 aromatic rings. The van der Waals surface area contributed by atoms with Crippen molar-refractivity contribution >= 4 is 22.9 Å². The first-order valence-corrected chi connectivity index (χ1v) is 4.02. The first-order chi connectivity index (χ1) is 6.40. The average molecular weight is 354 g/mol. The molecule has 1 N–H and O–H groups in total. The van der Waals surface area contributed by atoms with Crippen molar-refractivity contribution in [2.24, 2.45) is 0 Å². The van der Waals surface area contributed by atoms with Crippen molar-refractivity contribution in [3.8, 4) is 0 Å². The van der Waals surface area contributed by atoms with Crippen molar-refractivity contribution in [1.82, 2.24) is 0 Å². The predicted octanol–water partition coefficient (Wildman–Crippen LogP) is 2.32. The topological polar surface area (TPSA) is 29.1 Å². The van der Waals surface area contributed by atoms with E-state index < -0.39 is 0 Å². The maximum atomic E-state index is 10.1. The zero-order chi connectivity index (χ0) is 9.10. The quantitative estimate of drug-likeness (QED) is 0.651. The molecule has 0 aliphatic heterocycles. The standard InChI is InChI=1S/C11H8NO.W/c13-8-12-11-6-5-9-3-1-2-4-10(9)7-11;/h1-7H,(H,12,13);/q-1;. The predicted molar refractivity (Wildman–Crippen MR) is 53.3 cm³/mol. The Morgan fingerprint density at radius 1 is 1.00 bits per heavy atom. The molecule has 0 bridgehead atoms. The van der Waals surface area contributed by atoms with Gasteiger partial charge < -0.3 is 10.1 Å². The van der Waals surface area contributed by atoms with Gasteiger partial charge in [-0.2, -0.15) is 0 Å². The molecule has 2 rings (SSSR count). The van der Waals surface area contributed by atoms with Crippen molar-refractivity contribution in [3.63, 3.8) is 0 Å². The molecule has 0 fully saturated rings. The molecule has 14 heavy (non-hydrogen) atoms. The van der Waals surface area contributed by atoms with Gasteiger partial charge in [-0.15, -0.1) is 17.8 Å². The van der Waals surface area contributed by atoms with Gasteiger partial charge in [-0.1, -0.05) is 30.3 Å². The number of fused-ring (bicyclic) bond motifs is 1. The zero-order valence-electron chi connectivity index (χ0n) is 7.36. The third-order valence-electron chi connectivity index (χ3n) is 1.94. The molecule has 1 amide bonds. The van der Waals surface area contributed by atoms with Crippen molar-refractivity contribution in [2.45, 2.75) is 0 Å². The Hall–Kier alpha value is -1.14. The molecular weight excluding hydrogens is 346 g/mol. The number of benzene rings is 2. The molecule has 0 aromatic heterocycles. The molecule has 70 valence electrons. The van der Waals surface area contributed by atoms with Crippen molar-refractivity contribution in [2.75, 3.05) is 5.32 Å². The number of anilines is 1. The summed E-state index contributed by atoms with van der Waals surface area (Å²) in [6, 6.07) is 13.7. The Balaban J connectivity index is 0.000000980. The number of hydrogen-bond donors (Lipinski definition) is 1. The second-order valence-corrected chi connectivity index (χ2v) is 2.79. The maximum Gasteiger partial charge on any atom is 0.0692 e. The van der Waals surface area contributed by atoms with Crippen LogP contribution in [0.1, 0.15) is 0 Å². The van der Waals surface area contributed by atoms with Crippen LogP contribution in [0.25, 0.3) is 10.8 Å². The fourth-order valence-electron chi connectivity index (χ4n) is 1.33. The normalized spacial score (nSPS) is 9.14. The van der Waals surface area contributed by atoms with E-state index in [0.717, 1.165) is 11.1 Å². The fourth-order valence-corrected chi connectivity index (χ4v) is 1.33. The Kier molecular flexibility index (Phi) is 3.84. The Bertz CT molecular complexity index is 442. The van der Waals surface area contributed by atoms with Crippen LogP contribution in [0.5, 0.6) is 0 Å². The summed E-state index contributed by atoms with van der Waals surface area (Å²) in [6.07, 6.45) is 1.65. The molecule has 0 radical (unpaired) electrons. The minimum absolute atomic E-state index is 0. The van der Waals surface area contributed by atoms with Gasteiger partial charge in [0.1, 0.15) is 0 Å². The van der Waals surface area contributed by atoms with Crippen LogP contribution in [-0.4, -0.2) is 6.41 Å². The van der Waals surface area contributed by atoms with Gasteiger partial charge in [0.25, 0.3) is 0 Å². The van der Waals surface area contributed by atoms with Crippen LogP contribution in [0.2, 0.25) is 0 Å². The molecular formula is C11H8NOW-. The van der Waals surface area contributed by atoms with Gasteiger partial charge in [0.15, 0.2) is 0 Å². The number of amides is 1. The number of carbonyl (C=O) groups excluding carboxylic acids is 1. The third-order valence-corrected chi connectivity index (χ3v) is 1.94. The van der Waals surface area contributed by atoms with Crippen LogP contribution >= 0.6 is 0 Å². The van der Waals surface area contributed by atoms with E-state index in [2.05, 4.69) is 5.32 Å². The van der Waals surface area contributed by atoms with Crippen LogP contribution in [0.15, 0.2) is 42.5 Å². The molecule has 0 unspecified atom stereocenters. The summed E-state index contributed by atoms with van der Waals surface area (Å²) >= 11 is 0. The van der Waals surface area contributed by atoms with E-state index in [9.17, 15) is 4.79 Å². The van der Waals surface area contributed by atoms with Crippen molar-refractivity contribution in [3.05, 3.63) is 42.5 Å². The number of hydrogen-bond acceptors (Lipinski definition) is 1. The van der Waals surface area contributed by atoms with Gasteiger partial charge in [0.2, 0.25) is 0 Å². The fraction of sp³-hybridized carbons (Fsp3) is 0. The van der Waals surface area contributed by atoms with Crippen LogP contribution < -0.4 is 5.32 Å². The summed E-state index contributed by atoms with van der Waals surface area (Å²) in [4.78, 5) is 10.1. The van der Waals surface area contributed by atoms with E-state index in [1.54, 1.807) is 6.41 Å². The average Bonchev–Trinajstić information content (AvgIpc) is 2.18. The molecule has 0 saturated carbocycles. The number of nitrogens with one attached hydrogen (secondary N) is 1. The largest absolute Gasteiger partial charge is 0.490 e. The van der Waals surface area contributed by atoms with Gasteiger partial charge in [0.05, 0.1) is 6.41 Å². The van der Waals surface area contributed by atoms with Crippen molar-refractivity contribution in [1.29, 1.82) is 0 Å². The summed E-state index contributed by atoms with van der Waals surface area (Å²) in [5, 5.41) is 4.77. The van der Waals surface area contributed by atoms with E-state index in [4.69, 9.17) is 0 Å². The van der Waals surface area contributed by atoms with E-state index in [-0.39, 0.29) is 21.1 Å². The molecule has 0 heterocycles. The summed E-state index contributed by atoms with van der Waals surface area (Å²) in [7, 11) is 0. The van der Waals surface area contributed by atoms with E-state index in [1.165, 1.54) is 5.39 Å². The summed E-state index contributed by atoms with van der Waals surface area (Å²) in [6.45, 7) is 0. The summed E-state index contributed by atoms with van der Waals surface area (Å²) in [5.74, 6) is 0. The Labute approximate surface area is 96.6 Å². The molecule has 2 nitrogen and oxygen atoms in total. The third kappa shape index (κ3) is 2.21. The van der Waals surface area contributed by atoms with E-state index >= 15 is 0 Å². The smallest absolute Gasteiger partial charge is 0.0692 e. The Morgan fingerprint density at radius 3 is 2.43 bits per heavy atom. The van der Waals surface area contributed by atoms with Crippen LogP contribution in [0, 0.1) is 0 Å². The molecule has 0 aliphatic carbocycles. The minimum Gasteiger partial charge on any atom is -0.490 e. The molecule has 2 aromatic carbocycles. The molecule has 0 spiro atoms. The van der Waals surface area contributed by atoms with Crippen molar-refractivity contribution < 1.29 is 25.9 Å². The Morgan fingerprint density at radius 2 is 1.71 bits per heavy atom. The minimum atomic E-state index is 0. The molecule has 0 atom stereocenters. The van der Waals surface area contributed by atoms with Gasteiger partial charge in [0, 0.05) is 21.1 Å². The first kappa shape index (κ1) is 10.9. The van der Waals surface area contributed by atoms with E-state index in [0.29, 0.717) is 0 Å². The summed E-state index contributed by atoms with van der Waals surface area (Å²) in [5.41, 5.74) is 0.772. The second kappa shape index (κ2) is 4.92. The first-order valence-electron chi connectivity index (χ1n) is 4.02. The molecule has 0 aliphatic rings. The van der Waals surface area contributed by atoms with Crippen LogP contribution in [0.4, 0.5) is 5.69 Å². The second-order valence-electron chi connectivity index (χ2n) is 2.79. The van der Waals surface area contributed by atoms with Crippen LogP contribution in [-0.2, 0) is 25.9 Å². The van der Waals surface area contributed by atoms with E-state index in [1.807, 2.05) is 42.5 Å². The van der Waals surface area contributed by atoms with Crippen LogP contribution in [0.3, 0.4) is 0 Å². The number of rotatable bonds is 2.